The lowest BCUT2D eigenvalue weighted by atomic mass is 9.95. The lowest BCUT2D eigenvalue weighted by Gasteiger charge is -2.17. The number of halogens is 3. The van der Waals surface area contributed by atoms with Gasteiger partial charge in [-0.05, 0) is 48.7 Å². The van der Waals surface area contributed by atoms with Crippen LogP contribution in [0.25, 0.3) is 0 Å². The monoisotopic (exact) mass is 296 g/mol. The van der Waals surface area contributed by atoms with Crippen LogP contribution in [0.1, 0.15) is 28.4 Å². The third kappa shape index (κ3) is 3.55. The average Bonchev–Trinajstić information content (AvgIpc) is 2.36. The highest BCUT2D eigenvalue weighted by Gasteiger charge is 2.19. The number of aliphatic hydroxyl groups excluding tert-OH is 1. The fourth-order valence-corrected chi connectivity index (χ4v) is 2.30. The topological polar surface area (TPSA) is 29.5 Å². The molecule has 0 amide bonds. The van der Waals surface area contributed by atoms with E-state index in [-0.39, 0.29) is 11.3 Å². The van der Waals surface area contributed by atoms with Crippen LogP contribution in [0.5, 0.6) is 5.75 Å². The summed E-state index contributed by atoms with van der Waals surface area (Å²) in [4.78, 5) is 0. The van der Waals surface area contributed by atoms with Gasteiger partial charge in [0.05, 0.1) is 0 Å². The van der Waals surface area contributed by atoms with Crippen molar-refractivity contribution >= 4 is 0 Å². The fraction of sp³-hybridized carbons (Fsp3) is 0.250. The molecule has 5 heteroatoms. The normalized spacial score (nSPS) is 12.5. The van der Waals surface area contributed by atoms with Crippen LogP contribution in [-0.4, -0.2) is 11.7 Å². The maximum atomic E-state index is 14.0. The van der Waals surface area contributed by atoms with Gasteiger partial charge in [0.25, 0.3) is 0 Å². The molecule has 21 heavy (non-hydrogen) atoms. The Kier molecular flexibility index (Phi) is 4.53. The van der Waals surface area contributed by atoms with Crippen molar-refractivity contribution in [2.75, 3.05) is 0 Å². The molecule has 1 atom stereocenters. The SMILES string of the molecule is Cc1cc(C)c(C(O)c2cccc(OC(F)F)c2)c(F)c1. The van der Waals surface area contributed by atoms with Crippen LogP contribution in [0.15, 0.2) is 36.4 Å². The quantitative estimate of drug-likeness (QED) is 0.919. The Bertz CT molecular complexity index is 618. The van der Waals surface area contributed by atoms with Crippen molar-refractivity contribution in [3.63, 3.8) is 0 Å². The molecule has 2 nitrogen and oxygen atoms in total. The van der Waals surface area contributed by atoms with Gasteiger partial charge in [-0.25, -0.2) is 4.39 Å². The molecule has 0 aliphatic heterocycles. The number of hydrogen-bond donors (Lipinski definition) is 1. The van der Waals surface area contributed by atoms with Gasteiger partial charge in [0, 0.05) is 5.56 Å². The van der Waals surface area contributed by atoms with E-state index in [0.717, 1.165) is 5.56 Å². The Morgan fingerprint density at radius 1 is 1.10 bits per heavy atom. The minimum atomic E-state index is -2.95. The van der Waals surface area contributed by atoms with Gasteiger partial charge in [-0.3, -0.25) is 0 Å². The van der Waals surface area contributed by atoms with Crippen LogP contribution in [0.2, 0.25) is 0 Å². The summed E-state index contributed by atoms with van der Waals surface area (Å²) in [5, 5.41) is 10.3. The maximum Gasteiger partial charge on any atom is 0.387 e. The first-order valence-electron chi connectivity index (χ1n) is 6.38. The molecule has 0 heterocycles. The highest BCUT2D eigenvalue weighted by molar-refractivity contribution is 5.40. The predicted molar refractivity (Wildman–Crippen MR) is 73.0 cm³/mol. The molecule has 1 unspecified atom stereocenters. The first-order valence-corrected chi connectivity index (χ1v) is 6.38. The number of benzene rings is 2. The second-order valence-corrected chi connectivity index (χ2v) is 4.83. The van der Waals surface area contributed by atoms with Gasteiger partial charge < -0.3 is 9.84 Å². The Morgan fingerprint density at radius 3 is 2.43 bits per heavy atom. The van der Waals surface area contributed by atoms with Crippen molar-refractivity contribution in [1.29, 1.82) is 0 Å². The summed E-state index contributed by atoms with van der Waals surface area (Å²) in [5.41, 5.74) is 1.77. The summed E-state index contributed by atoms with van der Waals surface area (Å²) in [6, 6.07) is 8.70. The zero-order valence-corrected chi connectivity index (χ0v) is 11.6. The standard InChI is InChI=1S/C16H15F3O2/c1-9-6-10(2)14(13(17)7-9)15(20)11-4-3-5-12(8-11)21-16(18)19/h3-8,15-16,20H,1-2H3. The lowest BCUT2D eigenvalue weighted by molar-refractivity contribution is -0.0499. The van der Waals surface area contributed by atoms with Gasteiger partial charge >= 0.3 is 6.61 Å². The van der Waals surface area contributed by atoms with E-state index in [9.17, 15) is 18.3 Å². The Balaban J connectivity index is 2.38. The van der Waals surface area contributed by atoms with Crippen LogP contribution < -0.4 is 4.74 Å². The number of rotatable bonds is 4. The molecule has 0 fully saturated rings. The number of ether oxygens (including phenoxy) is 1. The van der Waals surface area contributed by atoms with Gasteiger partial charge in [-0.2, -0.15) is 8.78 Å². The van der Waals surface area contributed by atoms with Crippen LogP contribution in [0.3, 0.4) is 0 Å². The summed E-state index contributed by atoms with van der Waals surface area (Å²) in [5.74, 6) is -0.605. The van der Waals surface area contributed by atoms with Crippen molar-refractivity contribution in [2.45, 2.75) is 26.6 Å². The number of aliphatic hydroxyl groups is 1. The van der Waals surface area contributed by atoms with E-state index in [1.54, 1.807) is 19.9 Å². The van der Waals surface area contributed by atoms with E-state index < -0.39 is 18.5 Å². The van der Waals surface area contributed by atoms with E-state index in [1.807, 2.05) is 0 Å². The van der Waals surface area contributed by atoms with Gasteiger partial charge in [0.1, 0.15) is 17.7 Å². The van der Waals surface area contributed by atoms with E-state index in [0.29, 0.717) is 11.1 Å². The Hall–Kier alpha value is -2.01. The number of hydrogen-bond acceptors (Lipinski definition) is 2. The smallest absolute Gasteiger partial charge is 0.387 e. The second kappa shape index (κ2) is 6.18. The third-order valence-electron chi connectivity index (χ3n) is 3.15. The van der Waals surface area contributed by atoms with E-state index in [4.69, 9.17) is 0 Å². The minimum Gasteiger partial charge on any atom is -0.435 e. The highest BCUT2D eigenvalue weighted by Crippen LogP contribution is 2.30. The summed E-state index contributed by atoms with van der Waals surface area (Å²) in [6.07, 6.45) is -1.24. The molecule has 0 aliphatic carbocycles. The van der Waals surface area contributed by atoms with Crippen molar-refractivity contribution in [3.8, 4) is 5.75 Å². The van der Waals surface area contributed by atoms with E-state index in [1.165, 1.54) is 30.3 Å². The van der Waals surface area contributed by atoms with Crippen molar-refractivity contribution in [1.82, 2.24) is 0 Å². The van der Waals surface area contributed by atoms with Crippen molar-refractivity contribution in [2.24, 2.45) is 0 Å². The molecular weight excluding hydrogens is 281 g/mol. The zero-order chi connectivity index (χ0) is 15.6. The molecule has 0 bridgehead atoms. The molecular formula is C16H15F3O2. The first-order chi connectivity index (χ1) is 9.88. The molecule has 2 rings (SSSR count). The second-order valence-electron chi connectivity index (χ2n) is 4.83. The fourth-order valence-electron chi connectivity index (χ4n) is 2.30. The molecule has 0 radical (unpaired) electrons. The van der Waals surface area contributed by atoms with Gasteiger partial charge in [-0.1, -0.05) is 18.2 Å². The number of alkyl halides is 2. The molecule has 112 valence electrons. The third-order valence-corrected chi connectivity index (χ3v) is 3.15. The zero-order valence-electron chi connectivity index (χ0n) is 11.6. The van der Waals surface area contributed by atoms with Crippen LogP contribution in [0.4, 0.5) is 13.2 Å². The molecule has 0 aliphatic rings. The molecule has 0 spiro atoms. The molecule has 2 aromatic rings. The van der Waals surface area contributed by atoms with E-state index in [2.05, 4.69) is 4.74 Å². The summed E-state index contributed by atoms with van der Waals surface area (Å²) < 4.78 is 42.7. The lowest BCUT2D eigenvalue weighted by Crippen LogP contribution is -2.07. The highest BCUT2D eigenvalue weighted by atomic mass is 19.3. The number of aryl methyl sites for hydroxylation is 2. The first kappa shape index (κ1) is 15.4. The van der Waals surface area contributed by atoms with Crippen LogP contribution in [0, 0.1) is 19.7 Å². The van der Waals surface area contributed by atoms with Crippen molar-refractivity contribution < 1.29 is 23.0 Å². The Morgan fingerprint density at radius 2 is 1.81 bits per heavy atom. The molecule has 0 saturated heterocycles. The van der Waals surface area contributed by atoms with Gasteiger partial charge in [0.15, 0.2) is 0 Å². The van der Waals surface area contributed by atoms with E-state index >= 15 is 0 Å². The predicted octanol–water partition coefficient (Wildman–Crippen LogP) is 4.13. The maximum absolute atomic E-state index is 14.0. The molecule has 1 N–H and O–H groups in total. The van der Waals surface area contributed by atoms with Crippen LogP contribution in [-0.2, 0) is 0 Å². The summed E-state index contributed by atoms with van der Waals surface area (Å²) >= 11 is 0. The van der Waals surface area contributed by atoms with Crippen LogP contribution >= 0.6 is 0 Å². The van der Waals surface area contributed by atoms with Gasteiger partial charge in [0.2, 0.25) is 0 Å². The average molecular weight is 296 g/mol. The molecule has 2 aromatic carbocycles. The van der Waals surface area contributed by atoms with Crippen molar-refractivity contribution in [3.05, 3.63) is 64.5 Å². The minimum absolute atomic E-state index is 0.0771. The largest absolute Gasteiger partial charge is 0.435 e. The molecule has 0 aromatic heterocycles. The molecule has 0 saturated carbocycles. The summed E-state index contributed by atoms with van der Waals surface area (Å²) in [7, 11) is 0. The Labute approximate surface area is 120 Å². The summed E-state index contributed by atoms with van der Waals surface area (Å²) in [6.45, 7) is 0.493. The van der Waals surface area contributed by atoms with Gasteiger partial charge in [-0.15, -0.1) is 0 Å².